The Kier molecular flexibility index (Phi) is 3.66. The summed E-state index contributed by atoms with van der Waals surface area (Å²) in [6.45, 7) is 1.79. The zero-order chi connectivity index (χ0) is 13.8. The molecule has 1 saturated heterocycles. The lowest BCUT2D eigenvalue weighted by molar-refractivity contribution is 0.0847. The Morgan fingerprint density at radius 3 is 2.00 bits per heavy atom. The van der Waals surface area contributed by atoms with Gasteiger partial charge in [0.15, 0.2) is 5.78 Å². The Morgan fingerprint density at radius 2 is 1.40 bits per heavy atom. The molecule has 0 unspecified atom stereocenters. The highest BCUT2D eigenvalue weighted by molar-refractivity contribution is 6.04. The summed E-state index contributed by atoms with van der Waals surface area (Å²) in [5, 5.41) is 3.36. The second-order valence-corrected chi connectivity index (χ2v) is 5.39. The molecular weight excluding hydrogens is 246 g/mol. The van der Waals surface area contributed by atoms with Crippen molar-refractivity contribution in [3.63, 3.8) is 0 Å². The predicted molar refractivity (Wildman–Crippen MR) is 81.0 cm³/mol. The molecule has 20 heavy (non-hydrogen) atoms. The molecule has 2 heteroatoms. The third-order valence-electron chi connectivity index (χ3n) is 4.25. The number of carbonyl (C=O) groups is 1. The van der Waals surface area contributed by atoms with Crippen molar-refractivity contribution in [1.82, 2.24) is 5.32 Å². The van der Waals surface area contributed by atoms with Gasteiger partial charge < -0.3 is 5.32 Å². The van der Waals surface area contributed by atoms with Crippen LogP contribution in [-0.4, -0.2) is 18.9 Å². The third kappa shape index (κ3) is 2.27. The Morgan fingerprint density at radius 1 is 0.850 bits per heavy atom. The van der Waals surface area contributed by atoms with Crippen LogP contribution in [0.3, 0.4) is 0 Å². The number of rotatable bonds is 3. The molecule has 1 fully saturated rings. The average molecular weight is 265 g/mol. The normalized spacial score (nSPS) is 17.6. The molecule has 2 aromatic carbocycles. The van der Waals surface area contributed by atoms with Crippen LogP contribution >= 0.6 is 0 Å². The fraction of sp³-hybridized carbons (Fsp3) is 0.278. The lowest BCUT2D eigenvalue weighted by Gasteiger charge is -2.37. The number of hydrogen-bond acceptors (Lipinski definition) is 2. The molecular formula is C18H19NO. The molecule has 0 aromatic heterocycles. The lowest BCUT2D eigenvalue weighted by atomic mass is 9.68. The molecule has 102 valence electrons. The largest absolute Gasteiger partial charge is 0.317 e. The van der Waals surface area contributed by atoms with Gasteiger partial charge >= 0.3 is 0 Å². The Labute approximate surface area is 119 Å². The van der Waals surface area contributed by atoms with Gasteiger partial charge in [0.25, 0.3) is 0 Å². The number of piperidine rings is 1. The van der Waals surface area contributed by atoms with Crippen molar-refractivity contribution in [2.45, 2.75) is 18.3 Å². The fourth-order valence-corrected chi connectivity index (χ4v) is 3.12. The van der Waals surface area contributed by atoms with E-state index in [-0.39, 0.29) is 11.2 Å². The van der Waals surface area contributed by atoms with E-state index in [9.17, 15) is 4.79 Å². The summed E-state index contributed by atoms with van der Waals surface area (Å²) in [4.78, 5) is 13.1. The molecule has 1 heterocycles. The monoisotopic (exact) mass is 265 g/mol. The van der Waals surface area contributed by atoms with Crippen molar-refractivity contribution in [1.29, 1.82) is 0 Å². The van der Waals surface area contributed by atoms with Crippen molar-refractivity contribution < 1.29 is 4.79 Å². The predicted octanol–water partition coefficient (Wildman–Crippen LogP) is 3.19. The summed E-state index contributed by atoms with van der Waals surface area (Å²) in [6.07, 6.45) is 1.73. The number of nitrogens with one attached hydrogen (secondary N) is 1. The van der Waals surface area contributed by atoms with Crippen molar-refractivity contribution >= 4 is 5.78 Å². The Balaban J connectivity index is 2.05. The third-order valence-corrected chi connectivity index (χ3v) is 4.25. The van der Waals surface area contributed by atoms with Crippen LogP contribution in [0.4, 0.5) is 0 Å². The van der Waals surface area contributed by atoms with E-state index in [0.29, 0.717) is 0 Å². The van der Waals surface area contributed by atoms with Crippen LogP contribution in [-0.2, 0) is 5.41 Å². The van der Waals surface area contributed by atoms with Crippen molar-refractivity contribution in [3.05, 3.63) is 71.8 Å². The van der Waals surface area contributed by atoms with Crippen LogP contribution in [0.1, 0.15) is 28.8 Å². The quantitative estimate of drug-likeness (QED) is 0.864. The molecule has 1 aliphatic rings. The van der Waals surface area contributed by atoms with Crippen LogP contribution < -0.4 is 5.32 Å². The van der Waals surface area contributed by atoms with E-state index in [0.717, 1.165) is 37.1 Å². The number of carbonyl (C=O) groups excluding carboxylic acids is 1. The smallest absolute Gasteiger partial charge is 0.173 e. The van der Waals surface area contributed by atoms with Gasteiger partial charge in [0.05, 0.1) is 5.41 Å². The van der Waals surface area contributed by atoms with Gasteiger partial charge in [-0.15, -0.1) is 0 Å². The lowest BCUT2D eigenvalue weighted by Crippen LogP contribution is -2.45. The number of ketones is 1. The zero-order valence-corrected chi connectivity index (χ0v) is 11.5. The van der Waals surface area contributed by atoms with E-state index in [1.54, 1.807) is 0 Å². The Hall–Kier alpha value is -1.93. The molecule has 0 saturated carbocycles. The van der Waals surface area contributed by atoms with E-state index in [2.05, 4.69) is 17.4 Å². The van der Waals surface area contributed by atoms with Gasteiger partial charge in [0, 0.05) is 5.56 Å². The first-order valence-electron chi connectivity index (χ1n) is 7.19. The Bertz CT molecular complexity index is 571. The maximum Gasteiger partial charge on any atom is 0.173 e. The standard InChI is InChI=1S/C18H19NO/c20-17(15-7-3-1-4-8-15)18(11-13-19-14-12-18)16-9-5-2-6-10-16/h1-10,19H,11-14H2. The second kappa shape index (κ2) is 5.59. The van der Waals surface area contributed by atoms with Gasteiger partial charge in [-0.25, -0.2) is 0 Å². The van der Waals surface area contributed by atoms with E-state index in [1.165, 1.54) is 0 Å². The highest BCUT2D eigenvalue weighted by Gasteiger charge is 2.41. The number of Topliss-reactive ketones (excluding diaryl/α,β-unsaturated/α-hetero) is 1. The first kappa shape index (κ1) is 13.1. The van der Waals surface area contributed by atoms with Gasteiger partial charge in [0.1, 0.15) is 0 Å². The summed E-state index contributed by atoms with van der Waals surface area (Å²) >= 11 is 0. The van der Waals surface area contributed by atoms with Gasteiger partial charge in [-0.1, -0.05) is 60.7 Å². The van der Waals surface area contributed by atoms with Crippen LogP contribution in [0.5, 0.6) is 0 Å². The summed E-state index contributed by atoms with van der Waals surface area (Å²) in [5.41, 5.74) is 1.60. The van der Waals surface area contributed by atoms with Crippen LogP contribution in [0.15, 0.2) is 60.7 Å². The van der Waals surface area contributed by atoms with Gasteiger partial charge in [-0.05, 0) is 31.5 Å². The topological polar surface area (TPSA) is 29.1 Å². The van der Waals surface area contributed by atoms with Crippen LogP contribution in [0.25, 0.3) is 0 Å². The number of benzene rings is 2. The van der Waals surface area contributed by atoms with Crippen LogP contribution in [0.2, 0.25) is 0 Å². The first-order valence-corrected chi connectivity index (χ1v) is 7.19. The summed E-state index contributed by atoms with van der Waals surface area (Å²) in [7, 11) is 0. The molecule has 2 nitrogen and oxygen atoms in total. The molecule has 0 bridgehead atoms. The highest BCUT2D eigenvalue weighted by Crippen LogP contribution is 2.36. The molecule has 0 aliphatic carbocycles. The SMILES string of the molecule is O=C(c1ccccc1)C1(c2ccccc2)CCNCC1. The van der Waals surface area contributed by atoms with E-state index < -0.39 is 0 Å². The highest BCUT2D eigenvalue weighted by atomic mass is 16.1. The molecule has 2 aromatic rings. The fourth-order valence-electron chi connectivity index (χ4n) is 3.12. The number of hydrogen-bond donors (Lipinski definition) is 1. The minimum Gasteiger partial charge on any atom is -0.317 e. The first-order chi connectivity index (χ1) is 9.83. The van der Waals surface area contributed by atoms with Crippen molar-refractivity contribution in [2.75, 3.05) is 13.1 Å². The van der Waals surface area contributed by atoms with Crippen molar-refractivity contribution in [2.24, 2.45) is 0 Å². The minimum atomic E-state index is -0.367. The molecule has 1 N–H and O–H groups in total. The molecule has 1 aliphatic heterocycles. The van der Waals surface area contributed by atoms with Crippen LogP contribution in [0, 0.1) is 0 Å². The molecule has 0 atom stereocenters. The van der Waals surface area contributed by atoms with Crippen molar-refractivity contribution in [3.8, 4) is 0 Å². The second-order valence-electron chi connectivity index (χ2n) is 5.39. The van der Waals surface area contributed by atoms with E-state index in [4.69, 9.17) is 0 Å². The average Bonchev–Trinajstić information content (AvgIpc) is 2.56. The van der Waals surface area contributed by atoms with Gasteiger partial charge in [-0.3, -0.25) is 4.79 Å². The molecule has 0 radical (unpaired) electrons. The maximum absolute atomic E-state index is 13.1. The molecule has 0 amide bonds. The maximum atomic E-state index is 13.1. The van der Waals surface area contributed by atoms with Gasteiger partial charge in [-0.2, -0.15) is 0 Å². The van der Waals surface area contributed by atoms with E-state index in [1.807, 2.05) is 48.5 Å². The minimum absolute atomic E-state index is 0.255. The molecule has 3 rings (SSSR count). The van der Waals surface area contributed by atoms with Gasteiger partial charge in [0.2, 0.25) is 0 Å². The molecule has 0 spiro atoms. The van der Waals surface area contributed by atoms with E-state index >= 15 is 0 Å². The summed E-state index contributed by atoms with van der Waals surface area (Å²) in [6, 6.07) is 19.9. The summed E-state index contributed by atoms with van der Waals surface area (Å²) in [5.74, 6) is 0.255. The summed E-state index contributed by atoms with van der Waals surface area (Å²) < 4.78 is 0. The zero-order valence-electron chi connectivity index (χ0n) is 11.5.